The van der Waals surface area contributed by atoms with Crippen LogP contribution in [0.2, 0.25) is 5.02 Å². The number of rotatable bonds is 0. The molecule has 15 heavy (non-hydrogen) atoms. The quantitative estimate of drug-likeness (QED) is 0.704. The number of H-pyrrole nitrogens is 1. The molecule has 0 unspecified atom stereocenters. The number of aliphatic imine (C=N–C) groups is 1. The Morgan fingerprint density at radius 1 is 1.40 bits per heavy atom. The van der Waals surface area contributed by atoms with Crippen LogP contribution in [0.4, 0.5) is 0 Å². The number of nitrogens with one attached hydrogen (secondary N) is 1. The second-order valence-corrected chi connectivity index (χ2v) is 4.32. The maximum absolute atomic E-state index is 6.01. The monoisotopic (exact) mass is 218 g/mol. The van der Waals surface area contributed by atoms with Crippen LogP contribution in [0.15, 0.2) is 23.2 Å². The van der Waals surface area contributed by atoms with Crippen LogP contribution in [0, 0.1) is 0 Å². The second kappa shape index (κ2) is 3.11. The summed E-state index contributed by atoms with van der Waals surface area (Å²) in [5, 5.41) is 2.04. The summed E-state index contributed by atoms with van der Waals surface area (Å²) in [6.07, 6.45) is 1.01. The van der Waals surface area contributed by atoms with Gasteiger partial charge in [-0.05, 0) is 37.1 Å². The fourth-order valence-corrected chi connectivity index (χ4v) is 2.37. The molecule has 0 bridgehead atoms. The van der Waals surface area contributed by atoms with Crippen molar-refractivity contribution >= 4 is 28.2 Å². The van der Waals surface area contributed by atoms with Gasteiger partial charge in [-0.2, -0.15) is 0 Å². The molecule has 0 radical (unpaired) electrons. The zero-order chi connectivity index (χ0) is 10.4. The van der Waals surface area contributed by atoms with Crippen molar-refractivity contribution in [1.82, 2.24) is 4.98 Å². The van der Waals surface area contributed by atoms with Crippen molar-refractivity contribution in [3.63, 3.8) is 0 Å². The fraction of sp³-hybridized carbons (Fsp3) is 0.250. The lowest BCUT2D eigenvalue weighted by Gasteiger charge is -2.09. The van der Waals surface area contributed by atoms with Gasteiger partial charge in [0.1, 0.15) is 0 Å². The minimum atomic E-state index is 0.796. The zero-order valence-corrected chi connectivity index (χ0v) is 9.23. The van der Waals surface area contributed by atoms with E-state index in [2.05, 4.69) is 16.9 Å². The molecule has 0 saturated carbocycles. The number of halogens is 1. The summed E-state index contributed by atoms with van der Waals surface area (Å²) >= 11 is 6.01. The molecule has 1 aromatic carbocycles. The van der Waals surface area contributed by atoms with Gasteiger partial charge in [0.25, 0.3) is 0 Å². The summed E-state index contributed by atoms with van der Waals surface area (Å²) in [6, 6.07) is 5.98. The van der Waals surface area contributed by atoms with Crippen molar-refractivity contribution in [1.29, 1.82) is 0 Å². The van der Waals surface area contributed by atoms with E-state index in [-0.39, 0.29) is 0 Å². The Morgan fingerprint density at radius 2 is 2.27 bits per heavy atom. The molecule has 1 aromatic heterocycles. The average Bonchev–Trinajstić information content (AvgIpc) is 2.58. The van der Waals surface area contributed by atoms with Crippen molar-refractivity contribution in [2.75, 3.05) is 6.54 Å². The van der Waals surface area contributed by atoms with E-state index in [0.717, 1.165) is 29.2 Å². The molecule has 1 aliphatic heterocycles. The van der Waals surface area contributed by atoms with Gasteiger partial charge in [-0.15, -0.1) is 0 Å². The average molecular weight is 219 g/mol. The molecule has 0 amide bonds. The third kappa shape index (κ3) is 1.29. The first-order valence-electron chi connectivity index (χ1n) is 5.07. The van der Waals surface area contributed by atoms with Crippen molar-refractivity contribution in [3.8, 4) is 0 Å². The van der Waals surface area contributed by atoms with Gasteiger partial charge in [0.15, 0.2) is 0 Å². The van der Waals surface area contributed by atoms with Gasteiger partial charge < -0.3 is 4.98 Å². The van der Waals surface area contributed by atoms with E-state index >= 15 is 0 Å². The van der Waals surface area contributed by atoms with Gasteiger partial charge in [-0.3, -0.25) is 4.99 Å². The highest BCUT2D eigenvalue weighted by molar-refractivity contribution is 6.31. The maximum atomic E-state index is 6.01. The van der Waals surface area contributed by atoms with Crippen LogP contribution in [0.25, 0.3) is 10.9 Å². The van der Waals surface area contributed by atoms with Crippen LogP contribution in [-0.2, 0) is 6.42 Å². The van der Waals surface area contributed by atoms with E-state index in [1.165, 1.54) is 16.6 Å². The molecule has 2 heterocycles. The highest BCUT2D eigenvalue weighted by Crippen LogP contribution is 2.28. The molecule has 0 aliphatic carbocycles. The number of aromatic nitrogens is 1. The molecule has 1 aliphatic rings. The van der Waals surface area contributed by atoms with Gasteiger partial charge in [-0.25, -0.2) is 0 Å². The third-order valence-corrected chi connectivity index (χ3v) is 3.18. The first-order chi connectivity index (χ1) is 7.25. The van der Waals surface area contributed by atoms with Crippen molar-refractivity contribution in [3.05, 3.63) is 34.5 Å². The number of fused-ring (bicyclic) bond motifs is 3. The van der Waals surface area contributed by atoms with Crippen molar-refractivity contribution < 1.29 is 0 Å². The zero-order valence-electron chi connectivity index (χ0n) is 8.47. The number of benzene rings is 1. The van der Waals surface area contributed by atoms with Crippen LogP contribution in [0.1, 0.15) is 18.2 Å². The Morgan fingerprint density at radius 3 is 3.13 bits per heavy atom. The minimum absolute atomic E-state index is 0.796. The number of nitrogens with zero attached hydrogens (tertiary/aromatic N) is 1. The molecule has 76 valence electrons. The van der Waals surface area contributed by atoms with E-state index in [9.17, 15) is 0 Å². The largest absolute Gasteiger partial charge is 0.353 e. The smallest absolute Gasteiger partial charge is 0.0635 e. The van der Waals surface area contributed by atoms with Crippen LogP contribution < -0.4 is 0 Å². The molecule has 3 rings (SSSR count). The number of hydrogen-bond acceptors (Lipinski definition) is 1. The fourth-order valence-electron chi connectivity index (χ4n) is 2.20. The van der Waals surface area contributed by atoms with E-state index in [0.29, 0.717) is 0 Å². The Hall–Kier alpha value is -1.28. The Kier molecular flexibility index (Phi) is 1.86. The van der Waals surface area contributed by atoms with E-state index in [1.54, 1.807) is 0 Å². The molecule has 2 aromatic rings. The summed E-state index contributed by atoms with van der Waals surface area (Å²) in [7, 11) is 0. The first kappa shape index (κ1) is 8.98. The molecular weight excluding hydrogens is 208 g/mol. The third-order valence-electron chi connectivity index (χ3n) is 2.94. The molecule has 2 nitrogen and oxygen atoms in total. The van der Waals surface area contributed by atoms with Crippen LogP contribution in [0.5, 0.6) is 0 Å². The first-order valence-corrected chi connectivity index (χ1v) is 5.45. The van der Waals surface area contributed by atoms with Gasteiger partial charge in [-0.1, -0.05) is 11.6 Å². The molecule has 0 spiro atoms. The molecular formula is C12H11ClN2. The summed E-state index contributed by atoms with van der Waals surface area (Å²) in [5.41, 5.74) is 4.79. The molecule has 0 saturated heterocycles. The van der Waals surface area contributed by atoms with Crippen LogP contribution >= 0.6 is 11.6 Å². The van der Waals surface area contributed by atoms with Gasteiger partial charge in [0.2, 0.25) is 0 Å². The Labute approximate surface area is 93.0 Å². The second-order valence-electron chi connectivity index (χ2n) is 3.89. The van der Waals surface area contributed by atoms with Gasteiger partial charge in [0.05, 0.1) is 11.4 Å². The standard InChI is InChI=1S/C12H11ClN2/c1-7-12-9(4-5-14-7)10-6-8(13)2-3-11(10)15-12/h2-3,6,15H,4-5H2,1H3. The number of aromatic amines is 1. The van der Waals surface area contributed by atoms with Crippen molar-refractivity contribution in [2.24, 2.45) is 4.99 Å². The molecule has 1 N–H and O–H groups in total. The van der Waals surface area contributed by atoms with E-state index < -0.39 is 0 Å². The lowest BCUT2D eigenvalue weighted by Crippen LogP contribution is -2.08. The summed E-state index contributed by atoms with van der Waals surface area (Å²) in [6.45, 7) is 2.94. The predicted molar refractivity (Wildman–Crippen MR) is 64.1 cm³/mol. The maximum Gasteiger partial charge on any atom is 0.0635 e. The topological polar surface area (TPSA) is 28.1 Å². The van der Waals surface area contributed by atoms with Crippen LogP contribution in [-0.4, -0.2) is 17.2 Å². The Balaban J connectivity index is 2.38. The summed E-state index contributed by atoms with van der Waals surface area (Å²) in [5.74, 6) is 0. The SMILES string of the molecule is CC1=NCCc2c1[nH]c1ccc(Cl)cc21. The predicted octanol–water partition coefficient (Wildman–Crippen LogP) is 3.19. The van der Waals surface area contributed by atoms with Gasteiger partial charge >= 0.3 is 0 Å². The lowest BCUT2D eigenvalue weighted by atomic mass is 10.0. The normalized spacial score (nSPS) is 15.2. The molecule has 3 heteroatoms. The van der Waals surface area contributed by atoms with E-state index in [1.807, 2.05) is 18.2 Å². The van der Waals surface area contributed by atoms with Crippen molar-refractivity contribution in [2.45, 2.75) is 13.3 Å². The van der Waals surface area contributed by atoms with Gasteiger partial charge in [0, 0.05) is 22.5 Å². The minimum Gasteiger partial charge on any atom is -0.353 e. The van der Waals surface area contributed by atoms with Crippen LogP contribution in [0.3, 0.4) is 0 Å². The molecule has 0 fully saturated rings. The highest BCUT2D eigenvalue weighted by atomic mass is 35.5. The summed E-state index contributed by atoms with van der Waals surface area (Å²) < 4.78 is 0. The Bertz CT molecular complexity index is 566. The highest BCUT2D eigenvalue weighted by Gasteiger charge is 2.16. The lowest BCUT2D eigenvalue weighted by molar-refractivity contribution is 0.945. The number of hydrogen-bond donors (Lipinski definition) is 1. The summed E-state index contributed by atoms with van der Waals surface area (Å²) in [4.78, 5) is 7.84. The van der Waals surface area contributed by atoms with E-state index in [4.69, 9.17) is 11.6 Å². The molecule has 0 atom stereocenters.